The van der Waals surface area contributed by atoms with Gasteiger partial charge in [-0.05, 0) is 30.3 Å². The van der Waals surface area contributed by atoms with E-state index < -0.39 is 46.8 Å². The van der Waals surface area contributed by atoms with Gasteiger partial charge in [-0.15, -0.1) is 0 Å². The first kappa shape index (κ1) is 18.8. The molecular formula is C13H11BrClNO6S2. The van der Waals surface area contributed by atoms with E-state index >= 15 is 0 Å². The molecule has 24 heavy (non-hydrogen) atoms. The molecule has 0 unspecified atom stereocenters. The summed E-state index contributed by atoms with van der Waals surface area (Å²) in [6.45, 7) is 0. The van der Waals surface area contributed by atoms with Gasteiger partial charge in [-0.3, -0.25) is 4.72 Å². The van der Waals surface area contributed by atoms with Gasteiger partial charge in [0.1, 0.15) is 15.5 Å². The molecule has 0 fully saturated rings. The number of anilines is 1. The minimum atomic E-state index is -4.31. The van der Waals surface area contributed by atoms with Crippen LogP contribution in [0.4, 0.5) is 5.69 Å². The van der Waals surface area contributed by atoms with Gasteiger partial charge in [-0.1, -0.05) is 27.5 Å². The number of rotatable bonds is 4. The average Bonchev–Trinajstić information content (AvgIpc) is 2.43. The summed E-state index contributed by atoms with van der Waals surface area (Å²) in [7, 11) is -8.15. The zero-order valence-electron chi connectivity index (χ0n) is 12.0. The third-order valence-electron chi connectivity index (χ3n) is 2.89. The van der Waals surface area contributed by atoms with Crippen molar-refractivity contribution in [2.45, 2.75) is 9.79 Å². The largest absolute Gasteiger partial charge is 0.507 e. The van der Waals surface area contributed by atoms with E-state index in [2.05, 4.69) is 15.9 Å². The van der Waals surface area contributed by atoms with Gasteiger partial charge < -0.3 is 10.2 Å². The summed E-state index contributed by atoms with van der Waals surface area (Å²) in [6, 6.07) is 5.81. The molecule has 2 rings (SSSR count). The normalized spacial score (nSPS) is 12.1. The monoisotopic (exact) mass is 455 g/mol. The van der Waals surface area contributed by atoms with Gasteiger partial charge in [0.2, 0.25) is 0 Å². The summed E-state index contributed by atoms with van der Waals surface area (Å²) in [6.07, 6.45) is 0.844. The molecule has 130 valence electrons. The molecule has 0 heterocycles. The van der Waals surface area contributed by atoms with Crippen LogP contribution in [0.15, 0.2) is 44.6 Å². The van der Waals surface area contributed by atoms with Crippen LogP contribution >= 0.6 is 27.5 Å². The average molecular weight is 457 g/mol. The van der Waals surface area contributed by atoms with Crippen molar-refractivity contribution in [3.8, 4) is 11.5 Å². The molecule has 0 atom stereocenters. The number of benzene rings is 2. The van der Waals surface area contributed by atoms with Gasteiger partial charge in [0.05, 0.1) is 5.69 Å². The van der Waals surface area contributed by atoms with Crippen LogP contribution in [0, 0.1) is 0 Å². The molecule has 11 heteroatoms. The van der Waals surface area contributed by atoms with E-state index in [0.29, 0.717) is 4.47 Å². The number of phenols is 2. The first-order valence-electron chi connectivity index (χ1n) is 6.16. The summed E-state index contributed by atoms with van der Waals surface area (Å²) >= 11 is 8.88. The highest BCUT2D eigenvalue weighted by molar-refractivity contribution is 9.10. The van der Waals surface area contributed by atoms with Gasteiger partial charge in [-0.25, -0.2) is 16.8 Å². The van der Waals surface area contributed by atoms with E-state index in [1.165, 1.54) is 12.1 Å². The van der Waals surface area contributed by atoms with E-state index in [-0.39, 0.29) is 5.02 Å². The van der Waals surface area contributed by atoms with Crippen LogP contribution in [0.1, 0.15) is 0 Å². The first-order valence-corrected chi connectivity index (χ1v) is 10.7. The minimum absolute atomic E-state index is 0.0932. The Balaban J connectivity index is 2.59. The summed E-state index contributed by atoms with van der Waals surface area (Å²) in [5, 5.41) is 19.7. The molecule has 7 nitrogen and oxygen atoms in total. The zero-order valence-corrected chi connectivity index (χ0v) is 16.0. The fourth-order valence-corrected chi connectivity index (χ4v) is 4.62. The fraction of sp³-hybridized carbons (Fsp3) is 0.0769. The Morgan fingerprint density at radius 2 is 1.67 bits per heavy atom. The van der Waals surface area contributed by atoms with Gasteiger partial charge >= 0.3 is 0 Å². The van der Waals surface area contributed by atoms with Gasteiger partial charge in [-0.2, -0.15) is 0 Å². The van der Waals surface area contributed by atoms with Crippen molar-refractivity contribution in [3.63, 3.8) is 0 Å². The lowest BCUT2D eigenvalue weighted by Gasteiger charge is -2.13. The van der Waals surface area contributed by atoms with Crippen LogP contribution in [0.5, 0.6) is 11.5 Å². The molecule has 0 aliphatic heterocycles. The third kappa shape index (κ3) is 3.94. The van der Waals surface area contributed by atoms with E-state index in [4.69, 9.17) is 11.6 Å². The molecule has 0 saturated heterocycles. The van der Waals surface area contributed by atoms with Crippen molar-refractivity contribution >= 4 is 53.1 Å². The van der Waals surface area contributed by atoms with Gasteiger partial charge in [0.15, 0.2) is 15.6 Å². The quantitative estimate of drug-likeness (QED) is 0.608. The summed E-state index contributed by atoms with van der Waals surface area (Å²) < 4.78 is 50.5. The molecule has 2 aromatic rings. The number of hydrogen-bond acceptors (Lipinski definition) is 6. The highest BCUT2D eigenvalue weighted by Gasteiger charge is 2.24. The molecule has 0 saturated carbocycles. The van der Waals surface area contributed by atoms with Crippen LogP contribution in [-0.4, -0.2) is 33.3 Å². The number of nitrogens with one attached hydrogen (secondary N) is 1. The van der Waals surface area contributed by atoms with Crippen LogP contribution < -0.4 is 4.72 Å². The lowest BCUT2D eigenvalue weighted by molar-refractivity contribution is 0.457. The van der Waals surface area contributed by atoms with Crippen LogP contribution in [0.3, 0.4) is 0 Å². The smallest absolute Gasteiger partial charge is 0.265 e. The molecule has 0 amide bonds. The Bertz CT molecular complexity index is 1020. The van der Waals surface area contributed by atoms with Crippen molar-refractivity contribution in [3.05, 3.63) is 39.8 Å². The second-order valence-corrected chi connectivity index (χ2v) is 9.78. The molecule has 0 bridgehead atoms. The minimum Gasteiger partial charge on any atom is -0.507 e. The second-order valence-electron chi connectivity index (χ2n) is 4.79. The molecule has 0 spiro atoms. The van der Waals surface area contributed by atoms with Crippen molar-refractivity contribution in [1.29, 1.82) is 0 Å². The zero-order chi connectivity index (χ0) is 18.3. The van der Waals surface area contributed by atoms with E-state index in [1.807, 2.05) is 4.72 Å². The maximum Gasteiger partial charge on any atom is 0.265 e. The molecule has 0 aliphatic rings. The Labute approximate surface area is 152 Å². The maximum absolute atomic E-state index is 12.4. The van der Waals surface area contributed by atoms with E-state index in [1.54, 1.807) is 0 Å². The maximum atomic E-state index is 12.4. The van der Waals surface area contributed by atoms with E-state index in [9.17, 15) is 27.0 Å². The van der Waals surface area contributed by atoms with Crippen molar-refractivity contribution in [1.82, 2.24) is 0 Å². The SMILES string of the molecule is CS(=O)(=O)c1cc(Cl)cc(NS(=O)(=O)c2cc(Br)ccc2O)c1O. The lowest BCUT2D eigenvalue weighted by atomic mass is 10.3. The Kier molecular flexibility index (Phi) is 5.05. The van der Waals surface area contributed by atoms with Crippen molar-refractivity contribution in [2.24, 2.45) is 0 Å². The molecule has 3 N–H and O–H groups in total. The molecule has 0 radical (unpaired) electrons. The number of hydrogen-bond donors (Lipinski definition) is 3. The van der Waals surface area contributed by atoms with Gasteiger partial charge in [0.25, 0.3) is 10.0 Å². The summed E-state index contributed by atoms with van der Waals surface area (Å²) in [5.74, 6) is -1.31. The van der Waals surface area contributed by atoms with Gasteiger partial charge in [0, 0.05) is 15.8 Å². The number of aromatic hydroxyl groups is 2. The number of sulfone groups is 1. The Morgan fingerprint density at radius 3 is 2.25 bits per heavy atom. The van der Waals surface area contributed by atoms with Crippen LogP contribution in [0.25, 0.3) is 0 Å². The summed E-state index contributed by atoms with van der Waals surface area (Å²) in [4.78, 5) is -0.983. The predicted octanol–water partition coefficient (Wildman–Crippen LogP) is 2.72. The second kappa shape index (κ2) is 6.43. The highest BCUT2D eigenvalue weighted by Crippen LogP contribution is 2.37. The highest BCUT2D eigenvalue weighted by atomic mass is 79.9. The fourth-order valence-electron chi connectivity index (χ4n) is 1.84. The van der Waals surface area contributed by atoms with Crippen molar-refractivity contribution < 1.29 is 27.0 Å². The van der Waals surface area contributed by atoms with Crippen LogP contribution in [-0.2, 0) is 19.9 Å². The predicted molar refractivity (Wildman–Crippen MR) is 92.8 cm³/mol. The standard InChI is InChI=1S/C13H11BrClNO6S2/c1-23(19,20)12-6-8(15)5-9(13(12)18)16-24(21,22)11-4-7(14)2-3-10(11)17/h2-6,16-18H,1H3. The molecule has 0 aliphatic carbocycles. The van der Waals surface area contributed by atoms with Crippen LogP contribution in [0.2, 0.25) is 5.02 Å². The molecular weight excluding hydrogens is 446 g/mol. The molecule has 2 aromatic carbocycles. The van der Waals surface area contributed by atoms with E-state index in [0.717, 1.165) is 24.5 Å². The topological polar surface area (TPSA) is 121 Å². The number of sulfonamides is 1. The summed E-state index contributed by atoms with van der Waals surface area (Å²) in [5.41, 5.74) is -0.428. The number of halogens is 2. The molecule has 0 aromatic heterocycles. The Hall–Kier alpha value is -1.49. The number of phenolic OH excluding ortho intramolecular Hbond substituents is 2. The van der Waals surface area contributed by atoms with Crippen molar-refractivity contribution in [2.75, 3.05) is 11.0 Å². The first-order chi connectivity index (χ1) is 10.9. The lowest BCUT2D eigenvalue weighted by Crippen LogP contribution is -2.14. The Morgan fingerprint density at radius 1 is 1.04 bits per heavy atom. The third-order valence-corrected chi connectivity index (χ3v) is 6.11.